The average molecular weight is 317 g/mol. The second kappa shape index (κ2) is 5.96. The number of carbonyl (C=O) groups is 2. The molecule has 0 aromatic heterocycles. The second-order valence-corrected chi connectivity index (χ2v) is 6.83. The first-order valence-electron chi connectivity index (χ1n) is 8.15. The van der Waals surface area contributed by atoms with Gasteiger partial charge in [-0.3, -0.25) is 9.59 Å². The van der Waals surface area contributed by atoms with Crippen LogP contribution in [0, 0.1) is 12.3 Å². The van der Waals surface area contributed by atoms with E-state index in [9.17, 15) is 14.7 Å². The smallest absolute Gasteiger partial charge is 0.311 e. The predicted octanol–water partition coefficient (Wildman–Crippen LogP) is 2.02. The van der Waals surface area contributed by atoms with Crippen molar-refractivity contribution < 1.29 is 19.4 Å². The van der Waals surface area contributed by atoms with E-state index in [1.807, 2.05) is 31.2 Å². The topological polar surface area (TPSA) is 75.6 Å². The van der Waals surface area contributed by atoms with E-state index in [0.717, 1.165) is 11.1 Å². The first-order valence-corrected chi connectivity index (χ1v) is 8.15. The Morgan fingerprint density at radius 2 is 1.74 bits per heavy atom. The highest BCUT2D eigenvalue weighted by molar-refractivity contribution is 5.89. The Morgan fingerprint density at radius 3 is 2.26 bits per heavy atom. The Labute approximate surface area is 136 Å². The number of aryl methyl sites for hydroxylation is 1. The summed E-state index contributed by atoms with van der Waals surface area (Å²) in [7, 11) is 0. The maximum Gasteiger partial charge on any atom is 0.311 e. The molecule has 2 aliphatic rings. The summed E-state index contributed by atoms with van der Waals surface area (Å²) in [5.74, 6) is -0.883. The molecule has 5 nitrogen and oxygen atoms in total. The second-order valence-electron chi connectivity index (χ2n) is 6.83. The number of aliphatic carboxylic acids is 1. The third kappa shape index (κ3) is 2.98. The van der Waals surface area contributed by atoms with Crippen LogP contribution < -0.4 is 5.32 Å². The number of benzene rings is 1. The normalized spacial score (nSPS) is 21.4. The van der Waals surface area contributed by atoms with Gasteiger partial charge in [0, 0.05) is 19.8 Å². The molecule has 0 radical (unpaired) electrons. The number of carboxylic acids is 1. The van der Waals surface area contributed by atoms with Gasteiger partial charge in [0.2, 0.25) is 5.91 Å². The number of hydrogen-bond acceptors (Lipinski definition) is 3. The Morgan fingerprint density at radius 1 is 1.13 bits per heavy atom. The molecule has 1 amide bonds. The standard InChI is InChI=1S/C18H23NO4/c1-13-2-4-14(5-3-13)18(8-10-23-11-9-18)15(20)19-12-17(6-7-17)16(21)22/h2-5H,6-12H2,1H3,(H,19,20)(H,21,22). The van der Waals surface area contributed by atoms with Crippen LogP contribution in [0.15, 0.2) is 24.3 Å². The molecule has 1 aliphatic carbocycles. The lowest BCUT2D eigenvalue weighted by atomic mass is 9.73. The number of amides is 1. The molecule has 0 unspecified atom stereocenters. The maximum atomic E-state index is 12.9. The maximum absolute atomic E-state index is 12.9. The molecule has 5 heteroatoms. The fraction of sp³-hybridized carbons (Fsp3) is 0.556. The van der Waals surface area contributed by atoms with Gasteiger partial charge in [-0.2, -0.15) is 0 Å². The minimum atomic E-state index is -0.811. The van der Waals surface area contributed by atoms with Gasteiger partial charge < -0.3 is 15.2 Å². The minimum Gasteiger partial charge on any atom is -0.481 e. The van der Waals surface area contributed by atoms with Gasteiger partial charge in [-0.15, -0.1) is 0 Å². The zero-order valence-electron chi connectivity index (χ0n) is 13.4. The van der Waals surface area contributed by atoms with Gasteiger partial charge in [-0.05, 0) is 38.2 Å². The molecule has 1 saturated heterocycles. The van der Waals surface area contributed by atoms with Gasteiger partial charge in [0.25, 0.3) is 0 Å². The van der Waals surface area contributed by atoms with Crippen LogP contribution in [0.4, 0.5) is 0 Å². The van der Waals surface area contributed by atoms with Gasteiger partial charge in [0.15, 0.2) is 0 Å². The molecule has 0 bridgehead atoms. The van der Waals surface area contributed by atoms with Crippen molar-refractivity contribution in [3.63, 3.8) is 0 Å². The van der Waals surface area contributed by atoms with Gasteiger partial charge in [0.05, 0.1) is 10.8 Å². The quantitative estimate of drug-likeness (QED) is 0.871. The van der Waals surface area contributed by atoms with Gasteiger partial charge in [0.1, 0.15) is 0 Å². The summed E-state index contributed by atoms with van der Waals surface area (Å²) >= 11 is 0. The number of ether oxygens (including phenoxy) is 1. The van der Waals surface area contributed by atoms with Crippen LogP contribution in [0.2, 0.25) is 0 Å². The highest BCUT2D eigenvalue weighted by atomic mass is 16.5. The third-order valence-corrected chi connectivity index (χ3v) is 5.28. The van der Waals surface area contributed by atoms with E-state index in [1.165, 1.54) is 0 Å². The van der Waals surface area contributed by atoms with Crippen LogP contribution in [0.5, 0.6) is 0 Å². The minimum absolute atomic E-state index is 0.0721. The highest BCUT2D eigenvalue weighted by Crippen LogP contribution is 2.45. The van der Waals surface area contributed by atoms with E-state index in [0.29, 0.717) is 38.9 Å². The number of hydrogen-bond donors (Lipinski definition) is 2. The summed E-state index contributed by atoms with van der Waals surface area (Å²) < 4.78 is 5.44. The molecule has 3 rings (SSSR count). The Hall–Kier alpha value is -1.88. The molecule has 23 heavy (non-hydrogen) atoms. The molecule has 1 aromatic rings. The summed E-state index contributed by atoms with van der Waals surface area (Å²) in [5.41, 5.74) is 0.791. The summed E-state index contributed by atoms with van der Waals surface area (Å²) in [6.45, 7) is 3.33. The van der Waals surface area contributed by atoms with Gasteiger partial charge in [-0.1, -0.05) is 29.8 Å². The lowest BCUT2D eigenvalue weighted by Crippen LogP contribution is -2.49. The molecule has 2 N–H and O–H groups in total. The molecule has 1 saturated carbocycles. The summed E-state index contributed by atoms with van der Waals surface area (Å²) in [5, 5.41) is 12.2. The SMILES string of the molecule is Cc1ccc(C2(C(=O)NCC3(C(=O)O)CC3)CCOCC2)cc1. The number of carbonyl (C=O) groups excluding carboxylic acids is 1. The van der Waals surface area contributed by atoms with Crippen molar-refractivity contribution >= 4 is 11.9 Å². The molecule has 1 aliphatic heterocycles. The lowest BCUT2D eigenvalue weighted by Gasteiger charge is -2.36. The molecular formula is C18H23NO4. The summed E-state index contributed by atoms with van der Waals surface area (Å²) in [6.07, 6.45) is 2.54. The van der Waals surface area contributed by atoms with Crippen molar-refractivity contribution in [1.82, 2.24) is 5.32 Å². The van der Waals surface area contributed by atoms with E-state index in [1.54, 1.807) is 0 Å². The van der Waals surface area contributed by atoms with E-state index < -0.39 is 16.8 Å². The van der Waals surface area contributed by atoms with Crippen LogP contribution in [-0.4, -0.2) is 36.7 Å². The Balaban J connectivity index is 1.79. The van der Waals surface area contributed by atoms with E-state index in [2.05, 4.69) is 5.32 Å². The first kappa shape index (κ1) is 16.0. The fourth-order valence-corrected chi connectivity index (χ4v) is 3.28. The van der Waals surface area contributed by atoms with E-state index >= 15 is 0 Å². The van der Waals surface area contributed by atoms with Crippen LogP contribution in [0.1, 0.15) is 36.8 Å². The van der Waals surface area contributed by atoms with Crippen molar-refractivity contribution in [2.75, 3.05) is 19.8 Å². The first-order chi connectivity index (χ1) is 11.0. The van der Waals surface area contributed by atoms with Crippen LogP contribution in [-0.2, 0) is 19.7 Å². The highest BCUT2D eigenvalue weighted by Gasteiger charge is 2.51. The van der Waals surface area contributed by atoms with Crippen LogP contribution in [0.3, 0.4) is 0 Å². The monoisotopic (exact) mass is 317 g/mol. The molecule has 0 spiro atoms. The van der Waals surface area contributed by atoms with Gasteiger partial charge >= 0.3 is 5.97 Å². The lowest BCUT2D eigenvalue weighted by molar-refractivity contribution is -0.143. The van der Waals surface area contributed by atoms with Gasteiger partial charge in [-0.25, -0.2) is 0 Å². The summed E-state index contributed by atoms with van der Waals surface area (Å²) in [6, 6.07) is 8.04. The van der Waals surface area contributed by atoms with Crippen molar-refractivity contribution in [2.45, 2.75) is 38.0 Å². The molecule has 0 atom stereocenters. The zero-order chi connectivity index (χ0) is 16.5. The van der Waals surface area contributed by atoms with Crippen molar-refractivity contribution in [2.24, 2.45) is 5.41 Å². The molecule has 124 valence electrons. The fourth-order valence-electron chi connectivity index (χ4n) is 3.28. The molecular weight excluding hydrogens is 294 g/mol. The van der Waals surface area contributed by atoms with Crippen molar-refractivity contribution in [1.29, 1.82) is 0 Å². The van der Waals surface area contributed by atoms with Crippen molar-refractivity contribution in [3.05, 3.63) is 35.4 Å². The zero-order valence-corrected chi connectivity index (χ0v) is 13.4. The number of rotatable bonds is 5. The third-order valence-electron chi connectivity index (χ3n) is 5.28. The van der Waals surface area contributed by atoms with E-state index in [-0.39, 0.29) is 12.5 Å². The average Bonchev–Trinajstić information content (AvgIpc) is 3.35. The molecule has 1 aromatic carbocycles. The van der Waals surface area contributed by atoms with Crippen LogP contribution >= 0.6 is 0 Å². The largest absolute Gasteiger partial charge is 0.481 e. The summed E-state index contributed by atoms with van der Waals surface area (Å²) in [4.78, 5) is 24.2. The number of carboxylic acid groups (broad SMARTS) is 1. The van der Waals surface area contributed by atoms with E-state index in [4.69, 9.17) is 4.74 Å². The Bertz CT molecular complexity index is 598. The van der Waals surface area contributed by atoms with Crippen LogP contribution in [0.25, 0.3) is 0 Å². The molecule has 1 heterocycles. The van der Waals surface area contributed by atoms with Crippen molar-refractivity contribution in [3.8, 4) is 0 Å². The predicted molar refractivity (Wildman–Crippen MR) is 85.2 cm³/mol. The Kier molecular flexibility index (Phi) is 4.15. The molecule has 2 fully saturated rings. The number of nitrogens with one attached hydrogen (secondary N) is 1.